The van der Waals surface area contributed by atoms with Gasteiger partial charge in [0, 0.05) is 25.0 Å². The molecule has 0 aliphatic carbocycles. The topological polar surface area (TPSA) is 37.3 Å². The molecule has 0 bridgehead atoms. The Balaban J connectivity index is 2.22. The van der Waals surface area contributed by atoms with E-state index in [2.05, 4.69) is 21.6 Å². The molecular formula is C9H11N3. The van der Waals surface area contributed by atoms with Gasteiger partial charge in [-0.05, 0) is 18.1 Å². The molecule has 1 aromatic heterocycles. The molecule has 0 saturated carbocycles. The third kappa shape index (κ3) is 1.30. The lowest BCUT2D eigenvalue weighted by molar-refractivity contribution is 0.617. The average Bonchev–Trinajstić information content (AvgIpc) is 2.56. The number of hydrogen-bond donors (Lipinski definition) is 1. The lowest BCUT2D eigenvalue weighted by Crippen LogP contribution is -2.09. The predicted molar refractivity (Wildman–Crippen MR) is 48.0 cm³/mol. The summed E-state index contributed by atoms with van der Waals surface area (Å²) < 4.78 is 0. The zero-order chi connectivity index (χ0) is 8.39. The van der Waals surface area contributed by atoms with Crippen molar-refractivity contribution in [2.45, 2.75) is 19.4 Å². The Hall–Kier alpha value is -1.38. The quantitative estimate of drug-likeness (QED) is 0.676. The van der Waals surface area contributed by atoms with E-state index in [1.807, 2.05) is 25.5 Å². The lowest BCUT2D eigenvalue weighted by Gasteiger charge is -2.09. The van der Waals surface area contributed by atoms with Crippen LogP contribution in [0.5, 0.6) is 0 Å². The summed E-state index contributed by atoms with van der Waals surface area (Å²) >= 11 is 0. The largest absolute Gasteiger partial charge is 0.302 e. The van der Waals surface area contributed by atoms with Gasteiger partial charge in [-0.3, -0.25) is 4.98 Å². The first-order valence-corrected chi connectivity index (χ1v) is 4.05. The van der Waals surface area contributed by atoms with Gasteiger partial charge in [0.15, 0.2) is 0 Å². The highest BCUT2D eigenvalue weighted by Gasteiger charge is 2.12. The van der Waals surface area contributed by atoms with Crippen molar-refractivity contribution in [3.8, 4) is 0 Å². The molecule has 0 fully saturated rings. The molecule has 1 N–H and O–H groups in total. The molecule has 1 atom stereocenters. The Kier molecular flexibility index (Phi) is 1.78. The maximum atomic E-state index is 4.13. The van der Waals surface area contributed by atoms with Crippen molar-refractivity contribution < 1.29 is 0 Å². The molecule has 1 aliphatic heterocycles. The molecule has 3 nitrogen and oxygen atoms in total. The van der Waals surface area contributed by atoms with Crippen LogP contribution in [0, 0.1) is 6.92 Å². The zero-order valence-electron chi connectivity index (χ0n) is 6.99. The van der Waals surface area contributed by atoms with Crippen LogP contribution in [0.15, 0.2) is 23.6 Å². The number of aryl methyl sites for hydroxylation is 1. The molecule has 0 amide bonds. The molecule has 2 heterocycles. The third-order valence-corrected chi connectivity index (χ3v) is 1.96. The van der Waals surface area contributed by atoms with E-state index >= 15 is 0 Å². The Morgan fingerprint density at radius 2 is 2.42 bits per heavy atom. The first-order valence-electron chi connectivity index (χ1n) is 4.05. The second kappa shape index (κ2) is 2.93. The van der Waals surface area contributed by atoms with E-state index in [1.165, 1.54) is 11.1 Å². The van der Waals surface area contributed by atoms with E-state index < -0.39 is 0 Å². The molecule has 0 saturated heterocycles. The minimum absolute atomic E-state index is 0.331. The predicted octanol–water partition coefficient (Wildman–Crippen LogP) is 1.41. The molecule has 0 radical (unpaired) electrons. The van der Waals surface area contributed by atoms with Crippen LogP contribution in [0.4, 0.5) is 0 Å². The van der Waals surface area contributed by atoms with Crippen LogP contribution in [0.2, 0.25) is 0 Å². The van der Waals surface area contributed by atoms with E-state index in [0.29, 0.717) is 6.04 Å². The SMILES string of the molecule is Cc1cncc(C2CC=NN2)c1. The number of hydrogen-bond acceptors (Lipinski definition) is 3. The standard InChI is InChI=1S/C9H11N3/c1-7-4-8(6-10-5-7)9-2-3-11-12-9/h3-6,9,12H,2H2,1H3. The normalized spacial score (nSPS) is 20.9. The van der Waals surface area contributed by atoms with Gasteiger partial charge in [0.1, 0.15) is 0 Å². The summed E-state index contributed by atoms with van der Waals surface area (Å²) in [6.45, 7) is 2.05. The molecule has 1 aliphatic rings. The summed E-state index contributed by atoms with van der Waals surface area (Å²) in [5.74, 6) is 0. The fourth-order valence-electron chi connectivity index (χ4n) is 1.33. The Morgan fingerprint density at radius 3 is 3.08 bits per heavy atom. The van der Waals surface area contributed by atoms with Crippen molar-refractivity contribution in [3.63, 3.8) is 0 Å². The fourth-order valence-corrected chi connectivity index (χ4v) is 1.33. The maximum Gasteiger partial charge on any atom is 0.0754 e. The molecule has 1 unspecified atom stereocenters. The van der Waals surface area contributed by atoms with Crippen LogP contribution in [-0.4, -0.2) is 11.2 Å². The van der Waals surface area contributed by atoms with Crippen molar-refractivity contribution in [3.05, 3.63) is 29.6 Å². The van der Waals surface area contributed by atoms with Crippen molar-refractivity contribution in [2.75, 3.05) is 0 Å². The summed E-state index contributed by atoms with van der Waals surface area (Å²) in [5.41, 5.74) is 5.44. The second-order valence-electron chi connectivity index (χ2n) is 3.02. The van der Waals surface area contributed by atoms with Crippen LogP contribution in [0.25, 0.3) is 0 Å². The van der Waals surface area contributed by atoms with Crippen LogP contribution in [-0.2, 0) is 0 Å². The number of rotatable bonds is 1. The van der Waals surface area contributed by atoms with Crippen molar-refractivity contribution in [1.29, 1.82) is 0 Å². The number of hydrazone groups is 1. The Bertz CT molecular complexity index is 298. The van der Waals surface area contributed by atoms with E-state index in [9.17, 15) is 0 Å². The van der Waals surface area contributed by atoms with E-state index in [4.69, 9.17) is 0 Å². The van der Waals surface area contributed by atoms with Gasteiger partial charge in [0.2, 0.25) is 0 Å². The van der Waals surface area contributed by atoms with Gasteiger partial charge < -0.3 is 5.43 Å². The van der Waals surface area contributed by atoms with Gasteiger partial charge in [-0.15, -0.1) is 0 Å². The zero-order valence-corrected chi connectivity index (χ0v) is 6.99. The second-order valence-corrected chi connectivity index (χ2v) is 3.02. The summed E-state index contributed by atoms with van der Waals surface area (Å²) in [4.78, 5) is 4.13. The minimum atomic E-state index is 0.331. The van der Waals surface area contributed by atoms with Crippen molar-refractivity contribution in [2.24, 2.45) is 5.10 Å². The number of nitrogens with one attached hydrogen (secondary N) is 1. The molecular weight excluding hydrogens is 150 g/mol. The maximum absolute atomic E-state index is 4.13. The first-order chi connectivity index (χ1) is 5.86. The minimum Gasteiger partial charge on any atom is -0.302 e. The van der Waals surface area contributed by atoms with Gasteiger partial charge in [-0.1, -0.05) is 6.07 Å². The number of pyridine rings is 1. The van der Waals surface area contributed by atoms with Crippen LogP contribution < -0.4 is 5.43 Å². The summed E-state index contributed by atoms with van der Waals surface area (Å²) in [6, 6.07) is 2.47. The monoisotopic (exact) mass is 161 g/mol. The Morgan fingerprint density at radius 1 is 1.50 bits per heavy atom. The molecule has 3 heteroatoms. The molecule has 1 aromatic rings. The van der Waals surface area contributed by atoms with Crippen LogP contribution in [0.1, 0.15) is 23.6 Å². The smallest absolute Gasteiger partial charge is 0.0754 e. The van der Waals surface area contributed by atoms with Crippen LogP contribution >= 0.6 is 0 Å². The van der Waals surface area contributed by atoms with E-state index in [0.717, 1.165) is 6.42 Å². The van der Waals surface area contributed by atoms with Gasteiger partial charge >= 0.3 is 0 Å². The van der Waals surface area contributed by atoms with E-state index in [1.54, 1.807) is 0 Å². The van der Waals surface area contributed by atoms with Crippen LogP contribution in [0.3, 0.4) is 0 Å². The molecule has 0 aromatic carbocycles. The fraction of sp³-hybridized carbons (Fsp3) is 0.333. The molecule has 0 spiro atoms. The number of aromatic nitrogens is 1. The van der Waals surface area contributed by atoms with Gasteiger partial charge in [0.05, 0.1) is 6.04 Å². The highest BCUT2D eigenvalue weighted by Crippen LogP contribution is 2.18. The van der Waals surface area contributed by atoms with Gasteiger partial charge in [-0.25, -0.2) is 0 Å². The molecule has 12 heavy (non-hydrogen) atoms. The average molecular weight is 161 g/mol. The summed E-state index contributed by atoms with van der Waals surface area (Å²) in [5, 5.41) is 3.97. The summed E-state index contributed by atoms with van der Waals surface area (Å²) in [7, 11) is 0. The molecule has 2 rings (SSSR count). The number of nitrogens with zero attached hydrogens (tertiary/aromatic N) is 2. The highest BCUT2D eigenvalue weighted by atomic mass is 15.3. The van der Waals surface area contributed by atoms with Gasteiger partial charge in [0.25, 0.3) is 0 Å². The first kappa shape index (κ1) is 7.28. The van der Waals surface area contributed by atoms with Gasteiger partial charge in [-0.2, -0.15) is 5.10 Å². The lowest BCUT2D eigenvalue weighted by atomic mass is 10.1. The Labute approximate surface area is 71.5 Å². The third-order valence-electron chi connectivity index (χ3n) is 1.96. The van der Waals surface area contributed by atoms with Crippen molar-refractivity contribution in [1.82, 2.24) is 10.4 Å². The molecule has 62 valence electrons. The summed E-state index contributed by atoms with van der Waals surface area (Å²) in [6.07, 6.45) is 6.61. The van der Waals surface area contributed by atoms with E-state index in [-0.39, 0.29) is 0 Å². The van der Waals surface area contributed by atoms with Crippen molar-refractivity contribution >= 4 is 6.21 Å². The highest BCUT2D eigenvalue weighted by molar-refractivity contribution is 5.60.